The third kappa shape index (κ3) is 4.47. The van der Waals surface area contributed by atoms with Gasteiger partial charge >= 0.3 is 5.97 Å². The molecule has 130 valence electrons. The van der Waals surface area contributed by atoms with Crippen molar-refractivity contribution >= 4 is 23.5 Å². The number of nitrogens with one attached hydrogen (secondary N) is 1. The summed E-state index contributed by atoms with van der Waals surface area (Å²) in [5, 5.41) is 11.4. The molecule has 0 saturated heterocycles. The molecule has 1 heterocycles. The molecular weight excluding hydrogens is 312 g/mol. The van der Waals surface area contributed by atoms with Crippen LogP contribution in [0.1, 0.15) is 33.1 Å². The number of ether oxygens (including phenoxy) is 1. The van der Waals surface area contributed by atoms with Crippen LogP contribution in [0, 0.1) is 0 Å². The Labute approximate surface area is 140 Å². The summed E-state index contributed by atoms with van der Waals surface area (Å²) < 4.78 is 5.55. The lowest BCUT2D eigenvalue weighted by Gasteiger charge is -2.32. The molecule has 2 amide bonds. The van der Waals surface area contributed by atoms with E-state index in [0.29, 0.717) is 17.9 Å². The lowest BCUT2D eigenvalue weighted by molar-refractivity contribution is -0.137. The van der Waals surface area contributed by atoms with Crippen LogP contribution in [0.5, 0.6) is 5.75 Å². The Balaban J connectivity index is 1.92. The number of anilines is 1. The van der Waals surface area contributed by atoms with Crippen molar-refractivity contribution in [3.05, 3.63) is 24.3 Å². The van der Waals surface area contributed by atoms with Gasteiger partial charge in [-0.25, -0.2) is 0 Å². The maximum Gasteiger partial charge on any atom is 0.303 e. The number of carbonyl (C=O) groups is 3. The second-order valence-corrected chi connectivity index (χ2v) is 5.87. The van der Waals surface area contributed by atoms with Crippen LogP contribution >= 0.6 is 0 Å². The van der Waals surface area contributed by atoms with E-state index in [-0.39, 0.29) is 37.2 Å². The molecule has 0 aliphatic carbocycles. The number of rotatable bonds is 7. The fourth-order valence-electron chi connectivity index (χ4n) is 2.56. The van der Waals surface area contributed by atoms with E-state index >= 15 is 0 Å². The molecule has 1 aromatic rings. The minimum atomic E-state index is -0.888. The first-order valence-electron chi connectivity index (χ1n) is 7.96. The Bertz CT molecular complexity index is 631. The SMILES string of the molecule is CC(CCC(=O)O)NC(=O)CCN1C(=O)C(C)Oc2ccccc21. The Morgan fingerprint density at radius 3 is 2.75 bits per heavy atom. The van der Waals surface area contributed by atoms with E-state index in [4.69, 9.17) is 9.84 Å². The largest absolute Gasteiger partial charge is 0.481 e. The number of benzene rings is 1. The van der Waals surface area contributed by atoms with Gasteiger partial charge in [-0.2, -0.15) is 0 Å². The van der Waals surface area contributed by atoms with Crippen LogP contribution in [-0.4, -0.2) is 41.6 Å². The van der Waals surface area contributed by atoms with E-state index in [1.807, 2.05) is 12.1 Å². The third-order valence-corrected chi connectivity index (χ3v) is 3.83. The molecule has 1 aliphatic rings. The van der Waals surface area contributed by atoms with Gasteiger partial charge in [0.25, 0.3) is 5.91 Å². The number of carboxylic acid groups (broad SMARTS) is 1. The van der Waals surface area contributed by atoms with Crippen molar-refractivity contribution in [1.29, 1.82) is 0 Å². The van der Waals surface area contributed by atoms with Crippen LogP contribution in [0.4, 0.5) is 5.69 Å². The molecule has 7 nitrogen and oxygen atoms in total. The highest BCUT2D eigenvalue weighted by molar-refractivity contribution is 6.00. The standard InChI is InChI=1S/C17H22N2O5/c1-11(7-8-16(21)22)18-15(20)9-10-19-13-5-3-4-6-14(13)24-12(2)17(19)23/h3-6,11-12H,7-10H2,1-2H3,(H,18,20)(H,21,22). The van der Waals surface area contributed by atoms with Gasteiger partial charge in [0.2, 0.25) is 5.91 Å². The van der Waals surface area contributed by atoms with Crippen LogP contribution in [0.3, 0.4) is 0 Å². The van der Waals surface area contributed by atoms with Crippen LogP contribution in [0.15, 0.2) is 24.3 Å². The molecule has 0 saturated carbocycles. The average Bonchev–Trinajstić information content (AvgIpc) is 2.53. The Kier molecular flexibility index (Phi) is 5.78. The van der Waals surface area contributed by atoms with Gasteiger partial charge in [0.1, 0.15) is 5.75 Å². The molecule has 2 unspecified atom stereocenters. The highest BCUT2D eigenvalue weighted by Crippen LogP contribution is 2.33. The smallest absolute Gasteiger partial charge is 0.303 e. The number of fused-ring (bicyclic) bond motifs is 1. The fourth-order valence-corrected chi connectivity index (χ4v) is 2.56. The summed E-state index contributed by atoms with van der Waals surface area (Å²) in [6, 6.07) is 6.99. The highest BCUT2D eigenvalue weighted by Gasteiger charge is 2.31. The maximum absolute atomic E-state index is 12.3. The van der Waals surface area contributed by atoms with E-state index in [2.05, 4.69) is 5.32 Å². The maximum atomic E-state index is 12.3. The van der Waals surface area contributed by atoms with Crippen molar-refractivity contribution < 1.29 is 24.2 Å². The molecule has 1 aliphatic heterocycles. The molecule has 0 spiro atoms. The highest BCUT2D eigenvalue weighted by atomic mass is 16.5. The quantitative estimate of drug-likeness (QED) is 0.789. The van der Waals surface area contributed by atoms with E-state index in [1.165, 1.54) is 0 Å². The zero-order chi connectivity index (χ0) is 17.7. The average molecular weight is 334 g/mol. The van der Waals surface area contributed by atoms with Crippen LogP contribution in [-0.2, 0) is 14.4 Å². The topological polar surface area (TPSA) is 95.9 Å². The minimum Gasteiger partial charge on any atom is -0.481 e. The van der Waals surface area contributed by atoms with Gasteiger partial charge in [-0.1, -0.05) is 12.1 Å². The van der Waals surface area contributed by atoms with Crippen molar-refractivity contribution in [2.45, 2.75) is 45.3 Å². The predicted molar refractivity (Wildman–Crippen MR) is 88.0 cm³/mol. The molecule has 0 radical (unpaired) electrons. The van der Waals surface area contributed by atoms with Crippen molar-refractivity contribution in [3.63, 3.8) is 0 Å². The van der Waals surface area contributed by atoms with Crippen LogP contribution in [0.2, 0.25) is 0 Å². The monoisotopic (exact) mass is 334 g/mol. The Morgan fingerprint density at radius 2 is 2.04 bits per heavy atom. The van der Waals surface area contributed by atoms with Gasteiger partial charge in [0.05, 0.1) is 5.69 Å². The summed E-state index contributed by atoms with van der Waals surface area (Å²) in [5.74, 6) is -0.654. The summed E-state index contributed by atoms with van der Waals surface area (Å²) in [4.78, 5) is 36.4. The summed E-state index contributed by atoms with van der Waals surface area (Å²) in [7, 11) is 0. The third-order valence-electron chi connectivity index (χ3n) is 3.83. The van der Waals surface area contributed by atoms with Gasteiger partial charge in [0.15, 0.2) is 6.10 Å². The first kappa shape index (κ1) is 17.8. The molecule has 1 aromatic carbocycles. The second-order valence-electron chi connectivity index (χ2n) is 5.87. The lowest BCUT2D eigenvalue weighted by atomic mass is 10.1. The molecule has 2 rings (SSSR count). The molecule has 2 atom stereocenters. The van der Waals surface area contributed by atoms with E-state index in [0.717, 1.165) is 0 Å². The number of amides is 2. The van der Waals surface area contributed by atoms with Gasteiger partial charge in [-0.3, -0.25) is 14.4 Å². The molecule has 24 heavy (non-hydrogen) atoms. The second kappa shape index (κ2) is 7.81. The van der Waals surface area contributed by atoms with Crippen LogP contribution in [0.25, 0.3) is 0 Å². The Morgan fingerprint density at radius 1 is 1.33 bits per heavy atom. The van der Waals surface area contributed by atoms with E-state index in [9.17, 15) is 14.4 Å². The number of aliphatic carboxylic acids is 1. The number of carboxylic acids is 1. The zero-order valence-electron chi connectivity index (χ0n) is 13.8. The number of hydrogen-bond acceptors (Lipinski definition) is 4. The molecule has 0 aromatic heterocycles. The first-order valence-corrected chi connectivity index (χ1v) is 7.96. The van der Waals surface area contributed by atoms with E-state index < -0.39 is 12.1 Å². The summed E-state index contributed by atoms with van der Waals surface area (Å²) in [5.41, 5.74) is 0.660. The van der Waals surface area contributed by atoms with E-state index in [1.54, 1.807) is 30.9 Å². The molecule has 2 N–H and O–H groups in total. The van der Waals surface area contributed by atoms with Crippen molar-refractivity contribution in [2.75, 3.05) is 11.4 Å². The number of nitrogens with zero attached hydrogens (tertiary/aromatic N) is 1. The molecular formula is C17H22N2O5. The molecule has 0 bridgehead atoms. The molecule has 7 heteroatoms. The normalized spacial score (nSPS) is 17.7. The van der Waals surface area contributed by atoms with Crippen molar-refractivity contribution in [1.82, 2.24) is 5.32 Å². The number of hydrogen-bond donors (Lipinski definition) is 2. The van der Waals surface area contributed by atoms with Gasteiger partial charge in [-0.05, 0) is 32.4 Å². The zero-order valence-corrected chi connectivity index (χ0v) is 13.8. The first-order chi connectivity index (χ1) is 11.4. The number of para-hydroxylation sites is 2. The minimum absolute atomic E-state index is 0.00822. The summed E-state index contributed by atoms with van der Waals surface area (Å²) in [6.07, 6.45) is -0.0620. The fraction of sp³-hybridized carbons (Fsp3) is 0.471. The molecule has 0 fully saturated rings. The van der Waals surface area contributed by atoms with Gasteiger partial charge in [0, 0.05) is 25.4 Å². The van der Waals surface area contributed by atoms with Gasteiger partial charge < -0.3 is 20.1 Å². The summed E-state index contributed by atoms with van der Waals surface area (Å²) >= 11 is 0. The number of carbonyl (C=O) groups excluding carboxylic acids is 2. The lowest BCUT2D eigenvalue weighted by Crippen LogP contribution is -2.46. The summed E-state index contributed by atoms with van der Waals surface area (Å²) in [6.45, 7) is 3.69. The van der Waals surface area contributed by atoms with Gasteiger partial charge in [-0.15, -0.1) is 0 Å². The Hall–Kier alpha value is -2.57. The van der Waals surface area contributed by atoms with Crippen molar-refractivity contribution in [2.24, 2.45) is 0 Å². The van der Waals surface area contributed by atoms with Crippen molar-refractivity contribution in [3.8, 4) is 5.75 Å². The van der Waals surface area contributed by atoms with Crippen LogP contribution < -0.4 is 15.0 Å². The predicted octanol–water partition coefficient (Wildman–Crippen LogP) is 1.56.